The number of hydrogen-bond donors (Lipinski definition) is 1. The molecule has 1 saturated heterocycles. The second-order valence-electron chi connectivity index (χ2n) is 7.74. The van der Waals surface area contributed by atoms with Gasteiger partial charge in [-0.05, 0) is 49.9 Å². The number of ether oxygens (including phenoxy) is 1. The van der Waals surface area contributed by atoms with Crippen LogP contribution in [0, 0.1) is 5.41 Å². The van der Waals surface area contributed by atoms with Crippen LogP contribution in [0.15, 0.2) is 24.3 Å². The van der Waals surface area contributed by atoms with Gasteiger partial charge in [-0.3, -0.25) is 4.79 Å². The van der Waals surface area contributed by atoms with Gasteiger partial charge in [0.25, 0.3) is 5.91 Å². The number of hydrogen-bond acceptors (Lipinski definition) is 3. The maximum absolute atomic E-state index is 12.1. The zero-order valence-electron chi connectivity index (χ0n) is 15.0. The van der Waals surface area contributed by atoms with Crippen molar-refractivity contribution in [2.24, 2.45) is 5.41 Å². The molecule has 0 unspecified atom stereocenters. The molecule has 1 heterocycles. The molecule has 4 nitrogen and oxygen atoms in total. The standard InChI is InChI=1S/C19H29ClN2O2/c1-19(2,3)10-12-22-11-6-7-15(13-22)21-18(23)14-24-17-9-5-4-8-16(17)20/h4-5,8-9,15H,6-7,10-14H2,1-3H3,(H,21,23)/t15-/m0/s1. The third-order valence-electron chi connectivity index (χ3n) is 4.24. The fourth-order valence-corrected chi connectivity index (χ4v) is 3.03. The van der Waals surface area contributed by atoms with Gasteiger partial charge in [0.05, 0.1) is 5.02 Å². The minimum Gasteiger partial charge on any atom is -0.482 e. The van der Waals surface area contributed by atoms with Crippen LogP contribution in [0.25, 0.3) is 0 Å². The summed E-state index contributed by atoms with van der Waals surface area (Å²) in [6, 6.07) is 7.41. The van der Waals surface area contributed by atoms with Crippen molar-refractivity contribution in [3.8, 4) is 5.75 Å². The number of rotatable bonds is 6. The molecule has 0 saturated carbocycles. The smallest absolute Gasteiger partial charge is 0.258 e. The van der Waals surface area contributed by atoms with Crippen LogP contribution in [0.3, 0.4) is 0 Å². The lowest BCUT2D eigenvalue weighted by Crippen LogP contribution is -2.49. The Morgan fingerprint density at radius 3 is 2.83 bits per heavy atom. The highest BCUT2D eigenvalue weighted by atomic mass is 35.5. The van der Waals surface area contributed by atoms with E-state index in [9.17, 15) is 4.79 Å². The van der Waals surface area contributed by atoms with Crippen LogP contribution >= 0.6 is 11.6 Å². The molecule has 134 valence electrons. The monoisotopic (exact) mass is 352 g/mol. The van der Waals surface area contributed by atoms with Gasteiger partial charge >= 0.3 is 0 Å². The Kier molecular flexibility index (Phi) is 6.93. The molecular formula is C19H29ClN2O2. The summed E-state index contributed by atoms with van der Waals surface area (Å²) in [7, 11) is 0. The molecule has 5 heteroatoms. The minimum absolute atomic E-state index is 0.00221. The Bertz CT molecular complexity index is 542. The Morgan fingerprint density at radius 2 is 2.12 bits per heavy atom. The summed E-state index contributed by atoms with van der Waals surface area (Å²) >= 11 is 6.03. The molecule has 1 aromatic carbocycles. The van der Waals surface area contributed by atoms with Crippen molar-refractivity contribution in [2.75, 3.05) is 26.2 Å². The SMILES string of the molecule is CC(C)(C)CCN1CCC[C@H](NC(=O)COc2ccccc2Cl)C1. The van der Waals surface area contributed by atoms with E-state index in [1.54, 1.807) is 12.1 Å². The quantitative estimate of drug-likeness (QED) is 0.848. The van der Waals surface area contributed by atoms with Crippen molar-refractivity contribution < 1.29 is 9.53 Å². The molecule has 1 N–H and O–H groups in total. The molecule has 1 aliphatic heterocycles. The summed E-state index contributed by atoms with van der Waals surface area (Å²) in [6.07, 6.45) is 3.33. The number of likely N-dealkylation sites (tertiary alicyclic amines) is 1. The van der Waals surface area contributed by atoms with Gasteiger partial charge in [0.1, 0.15) is 5.75 Å². The predicted molar refractivity (Wildman–Crippen MR) is 98.6 cm³/mol. The number of carbonyl (C=O) groups is 1. The second-order valence-corrected chi connectivity index (χ2v) is 8.14. The number of nitrogens with zero attached hydrogens (tertiary/aromatic N) is 1. The summed E-state index contributed by atoms with van der Waals surface area (Å²) in [5.41, 5.74) is 0.346. The highest BCUT2D eigenvalue weighted by Crippen LogP contribution is 2.23. The van der Waals surface area contributed by atoms with Gasteiger partial charge in [-0.1, -0.05) is 44.5 Å². The summed E-state index contributed by atoms with van der Waals surface area (Å²) in [6.45, 7) is 9.94. The average molecular weight is 353 g/mol. The van der Waals surface area contributed by atoms with E-state index in [4.69, 9.17) is 16.3 Å². The normalized spacial score (nSPS) is 19.1. The highest BCUT2D eigenvalue weighted by molar-refractivity contribution is 6.32. The molecule has 1 aromatic rings. The average Bonchev–Trinajstić information content (AvgIpc) is 2.52. The van der Waals surface area contributed by atoms with Crippen molar-refractivity contribution in [1.82, 2.24) is 10.2 Å². The maximum Gasteiger partial charge on any atom is 0.258 e. The highest BCUT2D eigenvalue weighted by Gasteiger charge is 2.22. The molecule has 1 fully saturated rings. The number of piperidine rings is 1. The van der Waals surface area contributed by atoms with Crippen LogP contribution in [-0.2, 0) is 4.79 Å². The molecular weight excluding hydrogens is 324 g/mol. The van der Waals surface area contributed by atoms with E-state index >= 15 is 0 Å². The molecule has 0 aromatic heterocycles. The summed E-state index contributed by atoms with van der Waals surface area (Å²) < 4.78 is 5.50. The summed E-state index contributed by atoms with van der Waals surface area (Å²) in [5, 5.41) is 3.61. The van der Waals surface area contributed by atoms with Crippen LogP contribution in [0.5, 0.6) is 5.75 Å². The van der Waals surface area contributed by atoms with E-state index < -0.39 is 0 Å². The lowest BCUT2D eigenvalue weighted by molar-refractivity contribution is -0.124. The van der Waals surface area contributed by atoms with E-state index in [0.717, 1.165) is 32.5 Å². The Balaban J connectivity index is 1.74. The van der Waals surface area contributed by atoms with E-state index in [0.29, 0.717) is 16.2 Å². The largest absolute Gasteiger partial charge is 0.482 e. The van der Waals surface area contributed by atoms with Gasteiger partial charge in [0.2, 0.25) is 0 Å². The Morgan fingerprint density at radius 1 is 1.38 bits per heavy atom. The van der Waals surface area contributed by atoms with Crippen LogP contribution in [0.2, 0.25) is 5.02 Å². The van der Waals surface area contributed by atoms with Gasteiger partial charge in [-0.25, -0.2) is 0 Å². The molecule has 0 radical (unpaired) electrons. The van der Waals surface area contributed by atoms with Crippen LogP contribution in [-0.4, -0.2) is 43.1 Å². The number of para-hydroxylation sites is 1. The zero-order chi connectivity index (χ0) is 17.6. The number of halogens is 1. The number of amides is 1. The molecule has 2 rings (SSSR count). The van der Waals surface area contributed by atoms with Crippen molar-refractivity contribution >= 4 is 17.5 Å². The third-order valence-corrected chi connectivity index (χ3v) is 4.56. The van der Waals surface area contributed by atoms with Crippen LogP contribution in [0.4, 0.5) is 0 Å². The van der Waals surface area contributed by atoms with Gasteiger partial charge in [0, 0.05) is 12.6 Å². The molecule has 1 aliphatic rings. The van der Waals surface area contributed by atoms with E-state index in [1.807, 2.05) is 12.1 Å². The first-order valence-electron chi connectivity index (χ1n) is 8.72. The molecule has 1 amide bonds. The lowest BCUT2D eigenvalue weighted by atomic mass is 9.91. The molecule has 0 aliphatic carbocycles. The summed E-state index contributed by atoms with van der Waals surface area (Å²) in [5.74, 6) is 0.461. The second kappa shape index (κ2) is 8.72. The zero-order valence-corrected chi connectivity index (χ0v) is 15.7. The molecule has 24 heavy (non-hydrogen) atoms. The first-order valence-corrected chi connectivity index (χ1v) is 9.10. The van der Waals surface area contributed by atoms with E-state index in [-0.39, 0.29) is 18.6 Å². The Hall–Kier alpha value is -1.26. The molecule has 0 bridgehead atoms. The van der Waals surface area contributed by atoms with Crippen molar-refractivity contribution in [1.29, 1.82) is 0 Å². The van der Waals surface area contributed by atoms with Gasteiger partial charge < -0.3 is 15.0 Å². The predicted octanol–water partition coefficient (Wildman–Crippen LogP) is 3.74. The van der Waals surface area contributed by atoms with Crippen molar-refractivity contribution in [3.63, 3.8) is 0 Å². The van der Waals surface area contributed by atoms with Crippen LogP contribution in [0.1, 0.15) is 40.0 Å². The van der Waals surface area contributed by atoms with Crippen LogP contribution < -0.4 is 10.1 Å². The van der Waals surface area contributed by atoms with Crippen molar-refractivity contribution in [3.05, 3.63) is 29.3 Å². The van der Waals surface area contributed by atoms with E-state index in [1.165, 1.54) is 6.42 Å². The summed E-state index contributed by atoms with van der Waals surface area (Å²) in [4.78, 5) is 14.6. The molecule has 0 spiro atoms. The molecule has 1 atom stereocenters. The number of benzene rings is 1. The number of nitrogens with one attached hydrogen (secondary N) is 1. The lowest BCUT2D eigenvalue weighted by Gasteiger charge is -2.34. The first kappa shape index (κ1) is 19.1. The van der Waals surface area contributed by atoms with Gasteiger partial charge in [0.15, 0.2) is 6.61 Å². The minimum atomic E-state index is -0.0856. The fraction of sp³-hybridized carbons (Fsp3) is 0.632. The topological polar surface area (TPSA) is 41.6 Å². The fourth-order valence-electron chi connectivity index (χ4n) is 2.84. The van der Waals surface area contributed by atoms with Gasteiger partial charge in [-0.15, -0.1) is 0 Å². The Labute approximate surface area is 150 Å². The van der Waals surface area contributed by atoms with E-state index in [2.05, 4.69) is 31.0 Å². The van der Waals surface area contributed by atoms with Gasteiger partial charge in [-0.2, -0.15) is 0 Å². The number of carbonyl (C=O) groups excluding carboxylic acids is 1. The first-order chi connectivity index (χ1) is 11.3. The third kappa shape index (κ3) is 6.70. The van der Waals surface area contributed by atoms with Crippen molar-refractivity contribution in [2.45, 2.75) is 46.1 Å². The maximum atomic E-state index is 12.1.